The molecule has 41 heavy (non-hydrogen) atoms. The Bertz CT molecular complexity index is 1440. The SMILES string of the molecule is CCOC(=O)N1CCN(S(=O)(=O)c2ccc(C(=O)N(CCN(CC)CC)c3nc4ccc(F)cc4s3)cc2)CC1.Cl. The van der Waals surface area contributed by atoms with E-state index in [-0.39, 0.29) is 61.8 Å². The lowest BCUT2D eigenvalue weighted by molar-refractivity contribution is 0.0933. The number of halogens is 2. The monoisotopic (exact) mass is 627 g/mol. The number of piperazine rings is 1. The van der Waals surface area contributed by atoms with Gasteiger partial charge in [-0.25, -0.2) is 22.6 Å². The highest BCUT2D eigenvalue weighted by molar-refractivity contribution is 7.89. The van der Waals surface area contributed by atoms with Crippen molar-refractivity contribution in [3.8, 4) is 0 Å². The van der Waals surface area contributed by atoms with Gasteiger partial charge in [0.1, 0.15) is 5.82 Å². The molecule has 0 spiro atoms. The van der Waals surface area contributed by atoms with Gasteiger partial charge in [-0.3, -0.25) is 9.69 Å². The Morgan fingerprint density at radius 2 is 1.66 bits per heavy atom. The van der Waals surface area contributed by atoms with Crippen molar-refractivity contribution in [2.75, 3.05) is 63.9 Å². The number of carbonyl (C=O) groups excluding carboxylic acids is 2. The van der Waals surface area contributed by atoms with E-state index in [1.165, 1.54) is 56.9 Å². The molecule has 2 aromatic carbocycles. The maximum atomic E-state index is 13.8. The van der Waals surface area contributed by atoms with Crippen LogP contribution in [-0.2, 0) is 14.8 Å². The van der Waals surface area contributed by atoms with Crippen LogP contribution in [0.15, 0.2) is 47.4 Å². The molecule has 224 valence electrons. The number of sulfonamides is 1. The summed E-state index contributed by atoms with van der Waals surface area (Å²) >= 11 is 1.24. The molecule has 1 fully saturated rings. The van der Waals surface area contributed by atoms with Crippen LogP contribution in [0.2, 0.25) is 0 Å². The zero-order valence-electron chi connectivity index (χ0n) is 23.3. The second kappa shape index (κ2) is 14.4. The second-order valence-electron chi connectivity index (χ2n) is 9.21. The van der Waals surface area contributed by atoms with Crippen molar-refractivity contribution in [2.45, 2.75) is 25.7 Å². The van der Waals surface area contributed by atoms with Crippen LogP contribution in [0.1, 0.15) is 31.1 Å². The highest BCUT2D eigenvalue weighted by atomic mass is 35.5. The minimum atomic E-state index is -3.81. The molecule has 0 aliphatic carbocycles. The zero-order chi connectivity index (χ0) is 28.9. The first-order chi connectivity index (χ1) is 19.2. The van der Waals surface area contributed by atoms with E-state index in [4.69, 9.17) is 4.74 Å². The first kappa shape index (κ1) is 32.7. The fourth-order valence-corrected chi connectivity index (χ4v) is 6.90. The molecule has 1 aliphatic rings. The van der Waals surface area contributed by atoms with Crippen LogP contribution in [-0.4, -0.2) is 98.5 Å². The number of nitrogens with zero attached hydrogens (tertiary/aromatic N) is 5. The van der Waals surface area contributed by atoms with Gasteiger partial charge in [0.15, 0.2) is 5.13 Å². The van der Waals surface area contributed by atoms with Crippen LogP contribution >= 0.6 is 23.7 Å². The van der Waals surface area contributed by atoms with Crippen LogP contribution in [0.4, 0.5) is 14.3 Å². The second-order valence-corrected chi connectivity index (χ2v) is 12.2. The summed E-state index contributed by atoms with van der Waals surface area (Å²) in [6.45, 7) is 9.49. The average Bonchev–Trinajstić information content (AvgIpc) is 3.38. The number of aromatic nitrogens is 1. The van der Waals surface area contributed by atoms with Crippen molar-refractivity contribution >= 4 is 61.1 Å². The number of anilines is 1. The Labute approximate surface area is 250 Å². The fourth-order valence-electron chi connectivity index (χ4n) is 4.47. The van der Waals surface area contributed by atoms with Gasteiger partial charge < -0.3 is 14.5 Å². The van der Waals surface area contributed by atoms with Crippen molar-refractivity contribution in [3.63, 3.8) is 0 Å². The molecule has 3 aromatic rings. The van der Waals surface area contributed by atoms with Crippen molar-refractivity contribution in [1.29, 1.82) is 0 Å². The quantitative estimate of drug-likeness (QED) is 0.330. The lowest BCUT2D eigenvalue weighted by atomic mass is 10.2. The topological polar surface area (TPSA) is 103 Å². The number of amides is 2. The van der Waals surface area contributed by atoms with Crippen LogP contribution < -0.4 is 4.90 Å². The summed E-state index contributed by atoms with van der Waals surface area (Å²) in [5.74, 6) is -0.693. The van der Waals surface area contributed by atoms with E-state index in [9.17, 15) is 22.4 Å². The summed E-state index contributed by atoms with van der Waals surface area (Å²) in [6, 6.07) is 10.2. The molecule has 0 saturated carbocycles. The molecule has 0 unspecified atom stereocenters. The fraction of sp³-hybridized carbons (Fsp3) is 0.444. The summed E-state index contributed by atoms with van der Waals surface area (Å²) in [5.41, 5.74) is 0.919. The Balaban J connectivity index is 0.00000462. The van der Waals surface area contributed by atoms with Crippen molar-refractivity contribution in [1.82, 2.24) is 19.1 Å². The zero-order valence-corrected chi connectivity index (χ0v) is 25.7. The lowest BCUT2D eigenvalue weighted by Gasteiger charge is -2.33. The molecule has 0 N–H and O–H groups in total. The number of carbonyl (C=O) groups is 2. The third kappa shape index (κ3) is 7.52. The largest absolute Gasteiger partial charge is 0.450 e. The Morgan fingerprint density at radius 3 is 2.27 bits per heavy atom. The molecule has 4 rings (SSSR count). The molecule has 10 nitrogen and oxygen atoms in total. The first-order valence-corrected chi connectivity index (χ1v) is 15.6. The summed E-state index contributed by atoms with van der Waals surface area (Å²) in [6.07, 6.45) is -0.453. The van der Waals surface area contributed by atoms with E-state index in [1.54, 1.807) is 17.9 Å². The van der Waals surface area contributed by atoms with Gasteiger partial charge in [-0.05, 0) is 62.5 Å². The highest BCUT2D eigenvalue weighted by Gasteiger charge is 2.31. The highest BCUT2D eigenvalue weighted by Crippen LogP contribution is 2.30. The molecule has 1 aliphatic heterocycles. The number of fused-ring (bicyclic) bond motifs is 1. The van der Waals surface area contributed by atoms with E-state index in [1.807, 2.05) is 13.8 Å². The molecular weight excluding hydrogens is 593 g/mol. The Kier molecular flexibility index (Phi) is 11.4. The minimum Gasteiger partial charge on any atom is -0.450 e. The standard InChI is InChI=1S/C27H34FN5O5S2.ClH/c1-4-30(5-2)13-18-33(26-29-23-12-9-21(28)19-24(23)39-26)25(34)20-7-10-22(11-8-20)40(36,37)32-16-14-31(15-17-32)27(35)38-6-3;/h7-12,19H,4-6,13-18H2,1-3H3;1H. The van der Waals surface area contributed by atoms with E-state index < -0.39 is 16.1 Å². The number of rotatable bonds is 10. The van der Waals surface area contributed by atoms with Gasteiger partial charge in [0, 0.05) is 44.8 Å². The van der Waals surface area contributed by atoms with E-state index >= 15 is 0 Å². The molecule has 2 amide bonds. The summed E-state index contributed by atoms with van der Waals surface area (Å²) < 4.78 is 47.3. The van der Waals surface area contributed by atoms with Gasteiger partial charge in [0.2, 0.25) is 10.0 Å². The molecule has 2 heterocycles. The molecule has 0 bridgehead atoms. The molecular formula is C27H35ClFN5O5S2. The molecule has 1 saturated heterocycles. The van der Waals surface area contributed by atoms with Crippen LogP contribution in [0.25, 0.3) is 10.2 Å². The number of benzene rings is 2. The maximum Gasteiger partial charge on any atom is 0.409 e. The van der Waals surface area contributed by atoms with E-state index in [0.717, 1.165) is 13.1 Å². The van der Waals surface area contributed by atoms with E-state index in [0.29, 0.717) is 34.0 Å². The number of ether oxygens (including phenoxy) is 1. The van der Waals surface area contributed by atoms with E-state index in [2.05, 4.69) is 9.88 Å². The van der Waals surface area contributed by atoms with Crippen LogP contribution in [0, 0.1) is 5.82 Å². The van der Waals surface area contributed by atoms with Crippen molar-refractivity contribution in [3.05, 3.63) is 53.8 Å². The van der Waals surface area contributed by atoms with Gasteiger partial charge in [-0.2, -0.15) is 4.31 Å². The third-order valence-electron chi connectivity index (χ3n) is 6.85. The van der Waals surface area contributed by atoms with Crippen LogP contribution in [0.5, 0.6) is 0 Å². The number of hydrogen-bond donors (Lipinski definition) is 0. The lowest BCUT2D eigenvalue weighted by Crippen LogP contribution is -2.50. The normalized spacial score (nSPS) is 14.2. The van der Waals surface area contributed by atoms with Gasteiger partial charge in [0.25, 0.3) is 5.91 Å². The van der Waals surface area contributed by atoms with Crippen molar-refractivity contribution < 1.29 is 27.1 Å². The Hall–Kier alpha value is -2.84. The third-order valence-corrected chi connectivity index (χ3v) is 9.81. The molecule has 1 aromatic heterocycles. The van der Waals surface area contributed by atoms with Gasteiger partial charge in [-0.15, -0.1) is 12.4 Å². The maximum absolute atomic E-state index is 13.8. The molecule has 14 heteroatoms. The minimum absolute atomic E-state index is 0. The molecule has 0 atom stereocenters. The summed E-state index contributed by atoms with van der Waals surface area (Å²) in [7, 11) is -3.81. The number of thiazole rings is 1. The average molecular weight is 628 g/mol. The number of likely N-dealkylation sites (N-methyl/N-ethyl adjacent to an activating group) is 1. The predicted molar refractivity (Wildman–Crippen MR) is 160 cm³/mol. The smallest absolute Gasteiger partial charge is 0.409 e. The number of hydrogen-bond acceptors (Lipinski definition) is 8. The Morgan fingerprint density at radius 1 is 1.00 bits per heavy atom. The van der Waals surface area contributed by atoms with Gasteiger partial charge >= 0.3 is 6.09 Å². The molecule has 0 radical (unpaired) electrons. The van der Waals surface area contributed by atoms with Gasteiger partial charge in [-0.1, -0.05) is 25.2 Å². The van der Waals surface area contributed by atoms with Crippen molar-refractivity contribution in [2.24, 2.45) is 0 Å². The van der Waals surface area contributed by atoms with Crippen LogP contribution in [0.3, 0.4) is 0 Å². The summed E-state index contributed by atoms with van der Waals surface area (Å²) in [4.78, 5) is 35.5. The first-order valence-electron chi connectivity index (χ1n) is 13.3. The summed E-state index contributed by atoms with van der Waals surface area (Å²) in [5, 5.41) is 0.453. The van der Waals surface area contributed by atoms with Gasteiger partial charge in [0.05, 0.1) is 21.7 Å². The predicted octanol–water partition coefficient (Wildman–Crippen LogP) is 4.31.